The number of rotatable bonds is 3. The predicted molar refractivity (Wildman–Crippen MR) is 56.0 cm³/mol. The van der Waals surface area contributed by atoms with Gasteiger partial charge >= 0.3 is 0 Å². The second-order valence-electron chi connectivity index (χ2n) is 4.69. The minimum atomic E-state index is 0.211. The van der Waals surface area contributed by atoms with Crippen molar-refractivity contribution in [3.63, 3.8) is 0 Å². The van der Waals surface area contributed by atoms with Gasteiger partial charge in [0.05, 0.1) is 0 Å². The molecular weight excluding hydrogens is 176 g/mol. The van der Waals surface area contributed by atoms with Gasteiger partial charge in [0.2, 0.25) is 5.91 Å². The molecule has 1 amide bonds. The van der Waals surface area contributed by atoms with Crippen molar-refractivity contribution in [3.05, 3.63) is 0 Å². The molecule has 14 heavy (non-hydrogen) atoms. The van der Waals surface area contributed by atoms with Gasteiger partial charge in [-0.25, -0.2) is 0 Å². The Labute approximate surface area is 85.6 Å². The zero-order chi connectivity index (χ0) is 9.97. The SMILES string of the molecule is CC(NC1CCCNC(=O)C1)C1CC1. The van der Waals surface area contributed by atoms with E-state index in [0.717, 1.165) is 25.3 Å². The van der Waals surface area contributed by atoms with Gasteiger partial charge in [-0.1, -0.05) is 0 Å². The molecule has 80 valence electrons. The van der Waals surface area contributed by atoms with Crippen LogP contribution in [0.3, 0.4) is 0 Å². The summed E-state index contributed by atoms with van der Waals surface area (Å²) in [6.45, 7) is 3.11. The van der Waals surface area contributed by atoms with Crippen molar-refractivity contribution >= 4 is 5.91 Å². The first-order valence-electron chi connectivity index (χ1n) is 5.78. The van der Waals surface area contributed by atoms with Gasteiger partial charge in [0.25, 0.3) is 0 Å². The molecule has 0 bridgehead atoms. The first-order chi connectivity index (χ1) is 6.75. The maximum absolute atomic E-state index is 11.3. The van der Waals surface area contributed by atoms with E-state index in [0.29, 0.717) is 18.5 Å². The molecule has 2 atom stereocenters. The highest BCUT2D eigenvalue weighted by atomic mass is 16.1. The smallest absolute Gasteiger partial charge is 0.221 e. The lowest BCUT2D eigenvalue weighted by Gasteiger charge is -2.20. The first-order valence-corrected chi connectivity index (χ1v) is 5.78. The van der Waals surface area contributed by atoms with Gasteiger partial charge < -0.3 is 10.6 Å². The molecule has 1 aliphatic heterocycles. The fraction of sp³-hybridized carbons (Fsp3) is 0.909. The summed E-state index contributed by atoms with van der Waals surface area (Å²) in [5.41, 5.74) is 0. The van der Waals surface area contributed by atoms with Gasteiger partial charge in [-0.3, -0.25) is 4.79 Å². The third-order valence-electron chi connectivity index (χ3n) is 3.31. The number of amides is 1. The molecule has 0 aromatic heterocycles. The Morgan fingerprint density at radius 2 is 2.21 bits per heavy atom. The molecule has 1 saturated heterocycles. The topological polar surface area (TPSA) is 41.1 Å². The van der Waals surface area contributed by atoms with E-state index in [9.17, 15) is 4.79 Å². The summed E-state index contributed by atoms with van der Waals surface area (Å²) in [6.07, 6.45) is 5.65. The largest absolute Gasteiger partial charge is 0.356 e. The van der Waals surface area contributed by atoms with Crippen LogP contribution in [-0.4, -0.2) is 24.5 Å². The number of carbonyl (C=O) groups is 1. The van der Waals surface area contributed by atoms with E-state index in [1.807, 2.05) is 0 Å². The van der Waals surface area contributed by atoms with Crippen LogP contribution in [0, 0.1) is 5.92 Å². The average Bonchev–Trinajstić information content (AvgIpc) is 2.91. The van der Waals surface area contributed by atoms with Gasteiger partial charge in [0, 0.05) is 25.0 Å². The molecule has 2 fully saturated rings. The molecule has 2 unspecified atom stereocenters. The second kappa shape index (κ2) is 4.30. The minimum absolute atomic E-state index is 0.211. The minimum Gasteiger partial charge on any atom is -0.356 e. The summed E-state index contributed by atoms with van der Waals surface area (Å²) >= 11 is 0. The summed E-state index contributed by atoms with van der Waals surface area (Å²) in [5, 5.41) is 6.50. The molecule has 1 aliphatic carbocycles. The summed E-state index contributed by atoms with van der Waals surface area (Å²) in [5.74, 6) is 1.09. The first kappa shape index (κ1) is 9.97. The number of carbonyl (C=O) groups excluding carboxylic acids is 1. The standard InChI is InChI=1S/C11H20N2O/c1-8(9-4-5-9)13-10-3-2-6-12-11(14)7-10/h8-10,13H,2-7H2,1H3,(H,12,14). The Morgan fingerprint density at radius 3 is 2.93 bits per heavy atom. The molecule has 3 nitrogen and oxygen atoms in total. The van der Waals surface area contributed by atoms with Gasteiger partial charge in [0.1, 0.15) is 0 Å². The lowest BCUT2D eigenvalue weighted by Crippen LogP contribution is -2.39. The molecule has 0 spiro atoms. The summed E-state index contributed by atoms with van der Waals surface area (Å²) in [4.78, 5) is 11.3. The monoisotopic (exact) mass is 196 g/mol. The molecule has 0 aromatic carbocycles. The average molecular weight is 196 g/mol. The van der Waals surface area contributed by atoms with E-state index in [4.69, 9.17) is 0 Å². The van der Waals surface area contributed by atoms with Crippen LogP contribution in [0.5, 0.6) is 0 Å². The predicted octanol–water partition coefficient (Wildman–Crippen LogP) is 1.04. The van der Waals surface area contributed by atoms with E-state index < -0.39 is 0 Å². The molecule has 0 aromatic rings. The van der Waals surface area contributed by atoms with Gasteiger partial charge in [-0.15, -0.1) is 0 Å². The highest BCUT2D eigenvalue weighted by Crippen LogP contribution is 2.32. The summed E-state index contributed by atoms with van der Waals surface area (Å²) < 4.78 is 0. The normalized spacial score (nSPS) is 30.6. The molecule has 2 rings (SSSR count). The quantitative estimate of drug-likeness (QED) is 0.708. The van der Waals surface area contributed by atoms with Crippen molar-refractivity contribution in [2.24, 2.45) is 5.92 Å². The van der Waals surface area contributed by atoms with E-state index in [-0.39, 0.29) is 5.91 Å². The second-order valence-corrected chi connectivity index (χ2v) is 4.69. The van der Waals surface area contributed by atoms with Crippen LogP contribution < -0.4 is 10.6 Å². The Kier molecular flexibility index (Phi) is 3.06. The molecular formula is C11H20N2O. The molecule has 2 N–H and O–H groups in total. The van der Waals surface area contributed by atoms with Crippen LogP contribution in [-0.2, 0) is 4.79 Å². The fourth-order valence-corrected chi connectivity index (χ4v) is 2.22. The highest BCUT2D eigenvalue weighted by Gasteiger charge is 2.30. The third kappa shape index (κ3) is 2.71. The van der Waals surface area contributed by atoms with Crippen LogP contribution in [0.1, 0.15) is 39.0 Å². The van der Waals surface area contributed by atoms with E-state index in [1.165, 1.54) is 12.8 Å². The number of hydrogen-bond acceptors (Lipinski definition) is 2. The molecule has 0 radical (unpaired) electrons. The van der Waals surface area contributed by atoms with E-state index >= 15 is 0 Å². The van der Waals surface area contributed by atoms with E-state index in [1.54, 1.807) is 0 Å². The molecule has 2 aliphatic rings. The van der Waals surface area contributed by atoms with Crippen LogP contribution in [0.25, 0.3) is 0 Å². The van der Waals surface area contributed by atoms with E-state index in [2.05, 4.69) is 17.6 Å². The maximum Gasteiger partial charge on any atom is 0.221 e. The van der Waals surface area contributed by atoms with Gasteiger partial charge in [-0.2, -0.15) is 0 Å². The van der Waals surface area contributed by atoms with Crippen molar-refractivity contribution in [2.75, 3.05) is 6.54 Å². The van der Waals surface area contributed by atoms with Crippen molar-refractivity contribution in [1.82, 2.24) is 10.6 Å². The molecule has 1 heterocycles. The maximum atomic E-state index is 11.3. The Balaban J connectivity index is 1.79. The van der Waals surface area contributed by atoms with Crippen molar-refractivity contribution in [3.8, 4) is 0 Å². The fourth-order valence-electron chi connectivity index (χ4n) is 2.22. The van der Waals surface area contributed by atoms with Crippen LogP contribution in [0.4, 0.5) is 0 Å². The van der Waals surface area contributed by atoms with Crippen LogP contribution >= 0.6 is 0 Å². The summed E-state index contributed by atoms with van der Waals surface area (Å²) in [7, 11) is 0. The van der Waals surface area contributed by atoms with Crippen molar-refractivity contribution in [2.45, 2.75) is 51.1 Å². The van der Waals surface area contributed by atoms with Crippen LogP contribution in [0.2, 0.25) is 0 Å². The zero-order valence-corrected chi connectivity index (χ0v) is 8.88. The Morgan fingerprint density at radius 1 is 1.43 bits per heavy atom. The van der Waals surface area contributed by atoms with Crippen molar-refractivity contribution in [1.29, 1.82) is 0 Å². The van der Waals surface area contributed by atoms with Crippen LogP contribution in [0.15, 0.2) is 0 Å². The number of nitrogens with one attached hydrogen (secondary N) is 2. The van der Waals surface area contributed by atoms with Gasteiger partial charge in [0.15, 0.2) is 0 Å². The summed E-state index contributed by atoms with van der Waals surface area (Å²) in [6, 6.07) is 1.01. The zero-order valence-electron chi connectivity index (χ0n) is 8.88. The third-order valence-corrected chi connectivity index (χ3v) is 3.31. The lowest BCUT2D eigenvalue weighted by atomic mass is 10.1. The lowest BCUT2D eigenvalue weighted by molar-refractivity contribution is -0.121. The highest BCUT2D eigenvalue weighted by molar-refractivity contribution is 5.76. The Bertz CT molecular complexity index is 213. The molecule has 1 saturated carbocycles. The number of hydrogen-bond donors (Lipinski definition) is 2. The Hall–Kier alpha value is -0.570. The van der Waals surface area contributed by atoms with Gasteiger partial charge in [-0.05, 0) is 38.5 Å². The van der Waals surface area contributed by atoms with Crippen molar-refractivity contribution < 1.29 is 4.79 Å². The molecule has 3 heteroatoms.